The summed E-state index contributed by atoms with van der Waals surface area (Å²) in [6, 6.07) is 3.30. The summed E-state index contributed by atoms with van der Waals surface area (Å²) in [7, 11) is 0. The molecule has 1 aromatic rings. The van der Waals surface area contributed by atoms with Crippen molar-refractivity contribution in [3.63, 3.8) is 0 Å². The number of rotatable bonds is 1. The van der Waals surface area contributed by atoms with Crippen molar-refractivity contribution in [2.24, 2.45) is 0 Å². The topological polar surface area (TPSA) is 0 Å². The fourth-order valence-corrected chi connectivity index (χ4v) is 1.05. The molecule has 0 aliphatic rings. The van der Waals surface area contributed by atoms with Crippen LogP contribution in [0, 0.1) is 24.0 Å². The molecule has 0 radical (unpaired) electrons. The van der Waals surface area contributed by atoms with E-state index in [1.807, 2.05) is 0 Å². The molecule has 0 aliphatic carbocycles. The lowest BCUT2D eigenvalue weighted by molar-refractivity contribution is 0.550. The lowest BCUT2D eigenvalue weighted by atomic mass is 9.85. The van der Waals surface area contributed by atoms with E-state index in [-0.39, 0.29) is 5.56 Å². The summed E-state index contributed by atoms with van der Waals surface area (Å²) in [6.07, 6.45) is 5.22. The highest BCUT2D eigenvalue weighted by atomic mass is 19.1. The van der Waals surface area contributed by atoms with E-state index in [2.05, 4.69) is 5.92 Å². The molecule has 0 fully saturated rings. The number of hydrogen-bond donors (Lipinski definition) is 0. The van der Waals surface area contributed by atoms with Crippen molar-refractivity contribution in [3.8, 4) is 12.3 Å². The zero-order chi connectivity index (χ0) is 10.1. The quantitative estimate of drug-likeness (QED) is 0.583. The van der Waals surface area contributed by atoms with Gasteiger partial charge in [-0.05, 0) is 32.0 Å². The second kappa shape index (κ2) is 3.18. The maximum atomic E-state index is 13.2. The highest BCUT2D eigenvalue weighted by Gasteiger charge is 2.21. The molecule has 0 saturated heterocycles. The summed E-state index contributed by atoms with van der Waals surface area (Å²) >= 11 is 0. The smallest absolute Gasteiger partial charge is 0.128 e. The molecule has 0 saturated carbocycles. The molecule has 0 unspecified atom stereocenters. The predicted octanol–water partition coefficient (Wildman–Crippen LogP) is 2.88. The summed E-state index contributed by atoms with van der Waals surface area (Å²) in [5, 5.41) is 0. The van der Waals surface area contributed by atoms with E-state index in [0.717, 1.165) is 18.2 Å². The molecule has 0 nitrogen and oxygen atoms in total. The molecule has 0 bridgehead atoms. The van der Waals surface area contributed by atoms with Crippen LogP contribution >= 0.6 is 0 Å². The Labute approximate surface area is 76.6 Å². The SMILES string of the molecule is C#CC(C)(C)c1cc(F)ccc1F. The molecule has 0 heterocycles. The molecule has 1 aromatic carbocycles. The Morgan fingerprint density at radius 2 is 1.92 bits per heavy atom. The van der Waals surface area contributed by atoms with E-state index in [1.54, 1.807) is 13.8 Å². The molecular weight excluding hydrogens is 170 g/mol. The van der Waals surface area contributed by atoms with Crippen LogP contribution in [-0.4, -0.2) is 0 Å². The van der Waals surface area contributed by atoms with E-state index in [1.165, 1.54) is 0 Å². The Kier molecular flexibility index (Phi) is 2.38. The van der Waals surface area contributed by atoms with E-state index >= 15 is 0 Å². The van der Waals surface area contributed by atoms with Crippen LogP contribution in [0.5, 0.6) is 0 Å². The third kappa shape index (κ3) is 1.86. The van der Waals surface area contributed by atoms with Gasteiger partial charge < -0.3 is 0 Å². The zero-order valence-electron chi connectivity index (χ0n) is 7.57. The number of hydrogen-bond acceptors (Lipinski definition) is 0. The monoisotopic (exact) mass is 180 g/mol. The molecule has 0 atom stereocenters. The largest absolute Gasteiger partial charge is 0.207 e. The minimum atomic E-state index is -0.772. The highest BCUT2D eigenvalue weighted by molar-refractivity contribution is 5.33. The zero-order valence-corrected chi connectivity index (χ0v) is 7.57. The van der Waals surface area contributed by atoms with Gasteiger partial charge in [-0.1, -0.05) is 5.92 Å². The highest BCUT2D eigenvalue weighted by Crippen LogP contribution is 2.25. The van der Waals surface area contributed by atoms with Crippen LogP contribution in [0.15, 0.2) is 18.2 Å². The van der Waals surface area contributed by atoms with Crippen molar-refractivity contribution in [1.29, 1.82) is 0 Å². The van der Waals surface area contributed by atoms with Crippen LogP contribution < -0.4 is 0 Å². The van der Waals surface area contributed by atoms with Crippen molar-refractivity contribution >= 4 is 0 Å². The van der Waals surface area contributed by atoms with E-state index in [4.69, 9.17) is 6.42 Å². The molecule has 0 aromatic heterocycles. The molecule has 0 N–H and O–H groups in total. The summed E-state index contributed by atoms with van der Waals surface area (Å²) in [5.41, 5.74) is -0.554. The maximum Gasteiger partial charge on any atom is 0.128 e. The summed E-state index contributed by atoms with van der Waals surface area (Å²) < 4.78 is 26.0. The van der Waals surface area contributed by atoms with Crippen LogP contribution in [-0.2, 0) is 5.41 Å². The number of halogens is 2. The molecular formula is C11H10F2. The van der Waals surface area contributed by atoms with E-state index in [9.17, 15) is 8.78 Å². The van der Waals surface area contributed by atoms with Crippen LogP contribution in [0.25, 0.3) is 0 Å². The van der Waals surface area contributed by atoms with Gasteiger partial charge in [0.05, 0.1) is 5.41 Å². The molecule has 0 spiro atoms. The van der Waals surface area contributed by atoms with Crippen molar-refractivity contribution in [2.45, 2.75) is 19.3 Å². The van der Waals surface area contributed by atoms with Crippen molar-refractivity contribution in [1.82, 2.24) is 0 Å². The third-order valence-corrected chi connectivity index (χ3v) is 1.96. The fourth-order valence-electron chi connectivity index (χ4n) is 1.05. The Balaban J connectivity index is 3.30. The summed E-state index contributed by atoms with van der Waals surface area (Å²) in [5.74, 6) is 1.48. The Morgan fingerprint density at radius 1 is 1.31 bits per heavy atom. The first-order chi connectivity index (χ1) is 5.97. The number of benzene rings is 1. The predicted molar refractivity (Wildman–Crippen MR) is 48.2 cm³/mol. The van der Waals surface area contributed by atoms with Crippen molar-refractivity contribution in [3.05, 3.63) is 35.4 Å². The lowest BCUT2D eigenvalue weighted by Crippen LogP contribution is -2.16. The fraction of sp³-hybridized carbons (Fsp3) is 0.273. The molecule has 0 amide bonds. The molecule has 2 heteroatoms. The second-order valence-electron chi connectivity index (χ2n) is 3.39. The first-order valence-electron chi connectivity index (χ1n) is 3.90. The van der Waals surface area contributed by atoms with Crippen molar-refractivity contribution in [2.75, 3.05) is 0 Å². The van der Waals surface area contributed by atoms with Crippen LogP contribution in [0.2, 0.25) is 0 Å². The molecule has 0 aliphatic heterocycles. The van der Waals surface area contributed by atoms with Gasteiger partial charge in [0, 0.05) is 5.56 Å². The van der Waals surface area contributed by atoms with Gasteiger partial charge in [0.1, 0.15) is 11.6 Å². The minimum Gasteiger partial charge on any atom is -0.207 e. The van der Waals surface area contributed by atoms with Gasteiger partial charge in [-0.3, -0.25) is 0 Å². The summed E-state index contributed by atoms with van der Waals surface area (Å²) in [4.78, 5) is 0. The van der Waals surface area contributed by atoms with Crippen molar-refractivity contribution < 1.29 is 8.78 Å². The average Bonchev–Trinajstić information content (AvgIpc) is 2.09. The van der Waals surface area contributed by atoms with Gasteiger partial charge >= 0.3 is 0 Å². The Hall–Kier alpha value is -1.36. The second-order valence-corrected chi connectivity index (χ2v) is 3.39. The number of terminal acetylenes is 1. The van der Waals surface area contributed by atoms with Gasteiger partial charge in [-0.25, -0.2) is 8.78 Å². The third-order valence-electron chi connectivity index (χ3n) is 1.96. The molecule has 68 valence electrons. The standard InChI is InChI=1S/C11H10F2/c1-4-11(2,3)9-7-8(12)5-6-10(9)13/h1,5-7H,2-3H3. The van der Waals surface area contributed by atoms with Gasteiger partial charge in [0.15, 0.2) is 0 Å². The lowest BCUT2D eigenvalue weighted by Gasteiger charge is -2.18. The Bertz CT molecular complexity index is 359. The first kappa shape index (κ1) is 9.73. The van der Waals surface area contributed by atoms with E-state index in [0.29, 0.717) is 0 Å². The van der Waals surface area contributed by atoms with Crippen LogP contribution in [0.1, 0.15) is 19.4 Å². The Morgan fingerprint density at radius 3 is 2.46 bits per heavy atom. The molecule has 13 heavy (non-hydrogen) atoms. The maximum absolute atomic E-state index is 13.2. The normalized spacial score (nSPS) is 11.0. The van der Waals surface area contributed by atoms with Crippen LogP contribution in [0.3, 0.4) is 0 Å². The average molecular weight is 180 g/mol. The van der Waals surface area contributed by atoms with Gasteiger partial charge in [-0.2, -0.15) is 0 Å². The van der Waals surface area contributed by atoms with Gasteiger partial charge in [-0.15, -0.1) is 6.42 Å². The van der Waals surface area contributed by atoms with Crippen LogP contribution in [0.4, 0.5) is 8.78 Å². The molecule has 1 rings (SSSR count). The van der Waals surface area contributed by atoms with Gasteiger partial charge in [0.25, 0.3) is 0 Å². The van der Waals surface area contributed by atoms with Gasteiger partial charge in [0.2, 0.25) is 0 Å². The first-order valence-corrected chi connectivity index (χ1v) is 3.90. The van der Waals surface area contributed by atoms with E-state index < -0.39 is 17.0 Å². The summed E-state index contributed by atoms with van der Waals surface area (Å²) in [6.45, 7) is 3.34. The minimum absolute atomic E-state index is 0.218.